The molecule has 0 saturated heterocycles. The molecule has 0 bridgehead atoms. The predicted molar refractivity (Wildman–Crippen MR) is 117 cm³/mol. The van der Waals surface area contributed by atoms with E-state index in [-0.39, 0.29) is 0 Å². The minimum atomic E-state index is 0.473. The Labute approximate surface area is 168 Å². The summed E-state index contributed by atoms with van der Waals surface area (Å²) in [5, 5.41) is 0. The lowest BCUT2D eigenvalue weighted by molar-refractivity contribution is 0.115. The van der Waals surface area contributed by atoms with E-state index in [1.807, 2.05) is 12.2 Å². The van der Waals surface area contributed by atoms with Crippen LogP contribution in [-0.4, -0.2) is 26.4 Å². The zero-order chi connectivity index (χ0) is 20.3. The Morgan fingerprint density at radius 1 is 0.889 bits per heavy atom. The molecule has 0 aromatic rings. The zero-order valence-electron chi connectivity index (χ0n) is 18.5. The summed E-state index contributed by atoms with van der Waals surface area (Å²) in [4.78, 5) is 0. The number of nitrogens with two attached hydrogens (primary N) is 2. The first kappa shape index (κ1) is 26.0. The highest BCUT2D eigenvalue weighted by atomic mass is 16.5. The lowest BCUT2D eigenvalue weighted by Gasteiger charge is -2.18. The lowest BCUT2D eigenvalue weighted by Crippen LogP contribution is -2.12. The van der Waals surface area contributed by atoms with E-state index >= 15 is 0 Å². The van der Waals surface area contributed by atoms with Crippen LogP contribution in [-0.2, 0) is 9.47 Å². The minimum Gasteiger partial charge on any atom is -0.498 e. The topological polar surface area (TPSA) is 70.5 Å². The molecule has 0 aromatic heterocycles. The second kappa shape index (κ2) is 18.4. The second-order valence-electron chi connectivity index (χ2n) is 7.54. The minimum absolute atomic E-state index is 0.473. The summed E-state index contributed by atoms with van der Waals surface area (Å²) >= 11 is 0. The molecular weight excluding hydrogens is 336 g/mol. The molecule has 4 nitrogen and oxygen atoms in total. The van der Waals surface area contributed by atoms with Gasteiger partial charge in [-0.1, -0.05) is 66.2 Å². The van der Waals surface area contributed by atoms with Gasteiger partial charge < -0.3 is 20.9 Å². The number of hydrogen-bond donors (Lipinski definition) is 2. The van der Waals surface area contributed by atoms with E-state index in [1.54, 1.807) is 0 Å². The van der Waals surface area contributed by atoms with Crippen LogP contribution >= 0.6 is 0 Å². The first-order valence-electron chi connectivity index (χ1n) is 11.1. The van der Waals surface area contributed by atoms with Crippen molar-refractivity contribution in [2.45, 2.75) is 85.5 Å². The summed E-state index contributed by atoms with van der Waals surface area (Å²) in [5.74, 6) is 2.15. The fraction of sp³-hybridized carbons (Fsp3) is 0.826. The van der Waals surface area contributed by atoms with Crippen molar-refractivity contribution in [1.82, 2.24) is 0 Å². The van der Waals surface area contributed by atoms with Gasteiger partial charge in [0.25, 0.3) is 0 Å². The van der Waals surface area contributed by atoms with Crippen molar-refractivity contribution in [3.8, 4) is 0 Å². The molecule has 27 heavy (non-hydrogen) atoms. The Bertz CT molecular complexity index is 394. The quantitative estimate of drug-likeness (QED) is 0.242. The molecule has 160 valence electrons. The van der Waals surface area contributed by atoms with Gasteiger partial charge in [-0.2, -0.15) is 0 Å². The van der Waals surface area contributed by atoms with Crippen LogP contribution in [0.5, 0.6) is 0 Å². The molecule has 4 N–H and O–H groups in total. The van der Waals surface area contributed by atoms with Gasteiger partial charge in [0.2, 0.25) is 0 Å². The van der Waals surface area contributed by atoms with E-state index in [0.717, 1.165) is 31.1 Å². The highest BCUT2D eigenvalue weighted by molar-refractivity contribution is 5.09. The summed E-state index contributed by atoms with van der Waals surface area (Å²) in [6.45, 7) is 11.5. The number of unbranched alkanes of at least 4 members (excludes halogenated alkanes) is 2. The van der Waals surface area contributed by atoms with Gasteiger partial charge in [0.05, 0.1) is 19.0 Å². The van der Waals surface area contributed by atoms with Crippen LogP contribution in [0.15, 0.2) is 23.6 Å². The van der Waals surface area contributed by atoms with E-state index in [2.05, 4.69) is 27.7 Å². The molecule has 0 aliphatic heterocycles. The van der Waals surface area contributed by atoms with Gasteiger partial charge >= 0.3 is 0 Å². The SMILES string of the molecule is CCCCC(CC)COC/C=C(/N)C/C(=C\CN)OCC(CC)CCCC. The first-order chi connectivity index (χ1) is 13.1. The van der Waals surface area contributed by atoms with Crippen molar-refractivity contribution in [3.63, 3.8) is 0 Å². The Morgan fingerprint density at radius 2 is 1.48 bits per heavy atom. The van der Waals surface area contributed by atoms with Crippen LogP contribution in [0.25, 0.3) is 0 Å². The highest BCUT2D eigenvalue weighted by Gasteiger charge is 2.09. The van der Waals surface area contributed by atoms with Crippen molar-refractivity contribution < 1.29 is 9.47 Å². The highest BCUT2D eigenvalue weighted by Crippen LogP contribution is 2.17. The van der Waals surface area contributed by atoms with Gasteiger partial charge in [0.15, 0.2) is 0 Å². The van der Waals surface area contributed by atoms with Crippen LogP contribution < -0.4 is 11.5 Å². The van der Waals surface area contributed by atoms with Crippen LogP contribution in [0.3, 0.4) is 0 Å². The van der Waals surface area contributed by atoms with Gasteiger partial charge in [0, 0.05) is 25.3 Å². The normalized spacial score (nSPS) is 15.0. The van der Waals surface area contributed by atoms with Gasteiger partial charge in [-0.05, 0) is 36.8 Å². The van der Waals surface area contributed by atoms with Crippen molar-refractivity contribution in [2.75, 3.05) is 26.4 Å². The zero-order valence-corrected chi connectivity index (χ0v) is 18.5. The standard InChI is InChI=1S/C23H46N2O2/c1-5-9-11-20(7-3)18-26-16-14-22(25)17-23(13-15-24)27-19-21(8-4)12-10-6-2/h13-14,20-21H,5-12,15-19,24-25H2,1-4H3/b22-14+,23-13+. The third kappa shape index (κ3) is 14.7. The summed E-state index contributed by atoms with van der Waals surface area (Å²) in [7, 11) is 0. The van der Waals surface area contributed by atoms with Crippen LogP contribution in [0.2, 0.25) is 0 Å². The van der Waals surface area contributed by atoms with Gasteiger partial charge in [0.1, 0.15) is 0 Å². The van der Waals surface area contributed by atoms with Crippen molar-refractivity contribution in [3.05, 3.63) is 23.6 Å². The average molecular weight is 383 g/mol. The Hall–Kier alpha value is -1.00. The number of rotatable bonds is 18. The molecule has 0 heterocycles. The average Bonchev–Trinajstić information content (AvgIpc) is 2.67. The summed E-state index contributed by atoms with van der Waals surface area (Å²) in [5.41, 5.74) is 12.7. The molecule has 2 unspecified atom stereocenters. The molecule has 4 heteroatoms. The third-order valence-electron chi connectivity index (χ3n) is 5.13. The molecule has 0 spiro atoms. The van der Waals surface area contributed by atoms with E-state index in [0.29, 0.717) is 31.4 Å². The molecule has 0 rings (SSSR count). The molecule has 0 radical (unpaired) electrons. The molecule has 0 aromatic carbocycles. The second-order valence-corrected chi connectivity index (χ2v) is 7.54. The van der Waals surface area contributed by atoms with Crippen molar-refractivity contribution >= 4 is 0 Å². The van der Waals surface area contributed by atoms with Crippen LogP contribution in [0.1, 0.15) is 85.5 Å². The van der Waals surface area contributed by atoms with E-state index < -0.39 is 0 Å². The number of hydrogen-bond acceptors (Lipinski definition) is 4. The monoisotopic (exact) mass is 382 g/mol. The molecule has 0 saturated carbocycles. The largest absolute Gasteiger partial charge is 0.498 e. The van der Waals surface area contributed by atoms with Gasteiger partial charge in [-0.3, -0.25) is 0 Å². The fourth-order valence-corrected chi connectivity index (χ4v) is 3.01. The lowest BCUT2D eigenvalue weighted by atomic mass is 10.0. The van der Waals surface area contributed by atoms with Gasteiger partial charge in [-0.25, -0.2) is 0 Å². The Kier molecular flexibility index (Phi) is 17.7. The Balaban J connectivity index is 4.31. The summed E-state index contributed by atoms with van der Waals surface area (Å²) in [6, 6.07) is 0. The van der Waals surface area contributed by atoms with Crippen LogP contribution in [0, 0.1) is 11.8 Å². The van der Waals surface area contributed by atoms with E-state index in [4.69, 9.17) is 20.9 Å². The number of ether oxygens (including phenoxy) is 2. The summed E-state index contributed by atoms with van der Waals surface area (Å²) < 4.78 is 11.8. The smallest absolute Gasteiger partial charge is 0.0991 e. The molecular formula is C23H46N2O2. The van der Waals surface area contributed by atoms with E-state index in [9.17, 15) is 0 Å². The molecule has 0 aliphatic carbocycles. The van der Waals surface area contributed by atoms with E-state index in [1.165, 1.54) is 44.9 Å². The fourth-order valence-electron chi connectivity index (χ4n) is 3.01. The maximum atomic E-state index is 6.17. The maximum Gasteiger partial charge on any atom is 0.0991 e. The van der Waals surface area contributed by atoms with Crippen LogP contribution in [0.4, 0.5) is 0 Å². The maximum absolute atomic E-state index is 6.17. The van der Waals surface area contributed by atoms with Crippen molar-refractivity contribution in [2.24, 2.45) is 23.3 Å². The predicted octanol–water partition coefficient (Wildman–Crippen LogP) is 5.53. The molecule has 2 atom stereocenters. The third-order valence-corrected chi connectivity index (χ3v) is 5.13. The molecule has 0 amide bonds. The summed E-state index contributed by atoms with van der Waals surface area (Å²) in [6.07, 6.45) is 14.3. The Morgan fingerprint density at radius 3 is 2.00 bits per heavy atom. The molecule has 0 fully saturated rings. The first-order valence-corrected chi connectivity index (χ1v) is 11.1. The van der Waals surface area contributed by atoms with Gasteiger partial charge in [-0.15, -0.1) is 0 Å². The molecule has 0 aliphatic rings. The van der Waals surface area contributed by atoms with Crippen molar-refractivity contribution in [1.29, 1.82) is 0 Å².